The molecule has 0 rings (SSSR count). The van der Waals surface area contributed by atoms with Crippen LogP contribution in [0.3, 0.4) is 0 Å². The highest BCUT2D eigenvalue weighted by Crippen LogP contribution is 2.19. The summed E-state index contributed by atoms with van der Waals surface area (Å²) in [6.45, 7) is 8.81. The molecule has 7 heteroatoms. The minimum atomic E-state index is -2.43. The molecule has 0 aromatic rings. The van der Waals surface area contributed by atoms with Crippen molar-refractivity contribution in [1.29, 1.82) is 0 Å². The van der Waals surface area contributed by atoms with Crippen LogP contribution in [0.25, 0.3) is 0 Å². The highest BCUT2D eigenvalue weighted by atomic mass is 28.4. The Balaban J connectivity index is 0. The fraction of sp³-hybridized carbons (Fsp3) is 0.786. The van der Waals surface area contributed by atoms with Crippen molar-refractivity contribution < 1.29 is 23.2 Å². The summed E-state index contributed by atoms with van der Waals surface area (Å²) >= 11 is 0. The minimum Gasteiger partial charge on any atom is -0.478 e. The number of hydrogen-bond donors (Lipinski definition) is 1. The fourth-order valence-corrected chi connectivity index (χ4v) is 3.80. The third-order valence-electron chi connectivity index (χ3n) is 2.78. The summed E-state index contributed by atoms with van der Waals surface area (Å²) in [6, 6.07) is 0.865. The first-order valence-corrected chi connectivity index (χ1v) is 8.96. The molecule has 0 amide bonds. The van der Waals surface area contributed by atoms with E-state index in [2.05, 4.69) is 25.3 Å². The molecule has 0 fully saturated rings. The lowest BCUT2D eigenvalue weighted by molar-refractivity contribution is -0.132. The summed E-state index contributed by atoms with van der Waals surface area (Å²) in [5.74, 6) is -0.935. The molecule has 1 N–H and O–H groups in total. The second-order valence-corrected chi connectivity index (χ2v) is 7.79. The summed E-state index contributed by atoms with van der Waals surface area (Å²) in [5, 5.41) is 7.89. The Hall–Kier alpha value is -0.733. The van der Waals surface area contributed by atoms with Crippen LogP contribution in [0.1, 0.15) is 33.6 Å². The Morgan fingerprint density at radius 1 is 1.29 bits per heavy atom. The number of hydrogen-bond acceptors (Lipinski definition) is 5. The van der Waals surface area contributed by atoms with Crippen molar-refractivity contribution in [2.75, 3.05) is 28.3 Å². The maximum atomic E-state index is 9.60. The van der Waals surface area contributed by atoms with Crippen LogP contribution in [0.4, 0.5) is 0 Å². The Bertz CT molecular complexity index is 294. The number of aliphatic carboxylic acids is 1. The van der Waals surface area contributed by atoms with E-state index in [9.17, 15) is 4.79 Å². The van der Waals surface area contributed by atoms with Crippen LogP contribution in [-0.4, -0.2) is 59.3 Å². The zero-order valence-electron chi connectivity index (χ0n) is 14.4. The normalized spacial score (nSPS) is 12.6. The zero-order chi connectivity index (χ0) is 17.1. The predicted octanol–water partition coefficient (Wildman–Crippen LogP) is 2.59. The van der Waals surface area contributed by atoms with Gasteiger partial charge in [-0.3, -0.25) is 4.90 Å². The van der Waals surface area contributed by atoms with E-state index < -0.39 is 14.8 Å². The van der Waals surface area contributed by atoms with E-state index in [1.807, 2.05) is 14.1 Å². The largest absolute Gasteiger partial charge is 0.501 e. The van der Waals surface area contributed by atoms with Gasteiger partial charge < -0.3 is 18.4 Å². The Labute approximate surface area is 130 Å². The van der Waals surface area contributed by atoms with E-state index in [4.69, 9.17) is 18.4 Å². The van der Waals surface area contributed by atoms with Gasteiger partial charge in [0.05, 0.1) is 0 Å². The van der Waals surface area contributed by atoms with Crippen molar-refractivity contribution in [2.45, 2.75) is 45.9 Å². The second-order valence-electron chi connectivity index (χ2n) is 4.87. The van der Waals surface area contributed by atoms with E-state index in [0.29, 0.717) is 0 Å². The molecule has 0 aliphatic carbocycles. The molecule has 6 nitrogen and oxygen atoms in total. The Morgan fingerprint density at radius 2 is 1.71 bits per heavy atom. The van der Waals surface area contributed by atoms with E-state index in [-0.39, 0.29) is 11.8 Å². The number of carboxylic acids is 1. The monoisotopic (exact) mass is 321 g/mol. The third-order valence-corrected chi connectivity index (χ3v) is 5.77. The molecule has 0 aliphatic heterocycles. The summed E-state index contributed by atoms with van der Waals surface area (Å²) in [7, 11) is 4.93. The van der Waals surface area contributed by atoms with Crippen molar-refractivity contribution in [3.8, 4) is 0 Å². The molecule has 0 spiro atoms. The minimum absolute atomic E-state index is 0.0723. The first-order valence-electron chi connectivity index (χ1n) is 7.02. The van der Waals surface area contributed by atoms with Gasteiger partial charge in [-0.1, -0.05) is 26.8 Å². The lowest BCUT2D eigenvalue weighted by Crippen LogP contribution is -2.49. The van der Waals surface area contributed by atoms with Crippen molar-refractivity contribution in [3.05, 3.63) is 12.2 Å². The molecule has 0 aromatic carbocycles. The summed E-state index contributed by atoms with van der Waals surface area (Å²) in [4.78, 5) is 11.7. The summed E-state index contributed by atoms with van der Waals surface area (Å²) in [6.07, 6.45) is 2.01. The van der Waals surface area contributed by atoms with Gasteiger partial charge in [0.25, 0.3) is 0 Å². The second kappa shape index (κ2) is 11.9. The van der Waals surface area contributed by atoms with Crippen molar-refractivity contribution in [2.24, 2.45) is 0 Å². The van der Waals surface area contributed by atoms with E-state index >= 15 is 0 Å². The molecule has 0 saturated heterocycles. The van der Waals surface area contributed by atoms with Crippen molar-refractivity contribution in [3.63, 3.8) is 0 Å². The van der Waals surface area contributed by atoms with Gasteiger partial charge in [-0.05, 0) is 27.4 Å². The van der Waals surface area contributed by atoms with Crippen molar-refractivity contribution in [1.82, 2.24) is 4.90 Å². The summed E-state index contributed by atoms with van der Waals surface area (Å²) in [5.41, 5.74) is 0.176. The number of carboxylic acid groups (broad SMARTS) is 1. The van der Waals surface area contributed by atoms with Gasteiger partial charge in [-0.25, -0.2) is 4.79 Å². The molecule has 0 aliphatic rings. The van der Waals surface area contributed by atoms with E-state index in [1.165, 1.54) is 6.92 Å². The van der Waals surface area contributed by atoms with E-state index in [0.717, 1.165) is 18.9 Å². The molecule has 1 unspecified atom stereocenters. The first kappa shape index (κ1) is 22.5. The van der Waals surface area contributed by atoms with Crippen LogP contribution in [0.15, 0.2) is 12.2 Å². The molecular weight excluding hydrogens is 290 g/mol. The van der Waals surface area contributed by atoms with Crippen LogP contribution in [0.5, 0.6) is 0 Å². The number of rotatable bonds is 9. The SMILES string of the molecule is C=C(C)C(=O)O.CCC[Si](OC)(OC)OC(CC)N(C)C. The lowest BCUT2D eigenvalue weighted by atomic mass is 10.4. The maximum absolute atomic E-state index is 9.60. The molecule has 0 saturated carbocycles. The van der Waals surface area contributed by atoms with Crippen LogP contribution in [-0.2, 0) is 18.1 Å². The highest BCUT2D eigenvalue weighted by molar-refractivity contribution is 6.60. The van der Waals surface area contributed by atoms with Crippen LogP contribution < -0.4 is 0 Å². The average molecular weight is 321 g/mol. The third kappa shape index (κ3) is 9.75. The fourth-order valence-electron chi connectivity index (χ4n) is 1.51. The molecule has 0 aromatic heterocycles. The molecular formula is C14H31NO5Si. The Morgan fingerprint density at radius 3 is 1.90 bits per heavy atom. The first-order chi connectivity index (χ1) is 9.69. The van der Waals surface area contributed by atoms with Gasteiger partial charge in [-0.2, -0.15) is 0 Å². The van der Waals surface area contributed by atoms with Crippen LogP contribution in [0.2, 0.25) is 6.04 Å². The van der Waals surface area contributed by atoms with Crippen molar-refractivity contribution >= 4 is 14.8 Å². The lowest BCUT2D eigenvalue weighted by Gasteiger charge is -2.33. The standard InChI is InChI=1S/C10H25NO3Si.C4H6O2/c1-7-9-15(12-5,13-6)14-10(8-2)11(3)4;1-3(2)4(5)6/h10H,7-9H2,1-6H3;1H2,2H3,(H,5,6). The smallest absolute Gasteiger partial charge is 0.478 e. The van der Waals surface area contributed by atoms with Gasteiger partial charge in [0.2, 0.25) is 0 Å². The van der Waals surface area contributed by atoms with E-state index in [1.54, 1.807) is 14.2 Å². The quantitative estimate of drug-likeness (QED) is 0.400. The van der Waals surface area contributed by atoms with Crippen LogP contribution in [0, 0.1) is 0 Å². The van der Waals surface area contributed by atoms with Crippen LogP contribution >= 0.6 is 0 Å². The number of carbonyl (C=O) groups is 1. The Kier molecular flexibility index (Phi) is 12.8. The van der Waals surface area contributed by atoms with Gasteiger partial charge in [0.15, 0.2) is 0 Å². The van der Waals surface area contributed by atoms with Gasteiger partial charge in [-0.15, -0.1) is 0 Å². The zero-order valence-corrected chi connectivity index (χ0v) is 15.4. The molecule has 0 radical (unpaired) electrons. The highest BCUT2D eigenvalue weighted by Gasteiger charge is 2.40. The topological polar surface area (TPSA) is 68.2 Å². The van der Waals surface area contributed by atoms with Gasteiger partial charge >= 0.3 is 14.8 Å². The average Bonchev–Trinajstić information content (AvgIpc) is 2.43. The summed E-state index contributed by atoms with van der Waals surface area (Å²) < 4.78 is 17.0. The molecule has 0 bridgehead atoms. The molecule has 21 heavy (non-hydrogen) atoms. The molecule has 0 heterocycles. The number of nitrogens with zero attached hydrogens (tertiary/aromatic N) is 1. The molecule has 126 valence electrons. The predicted molar refractivity (Wildman–Crippen MR) is 86.2 cm³/mol. The van der Waals surface area contributed by atoms with Gasteiger partial charge in [0, 0.05) is 25.8 Å². The maximum Gasteiger partial charge on any atom is 0.501 e. The van der Waals surface area contributed by atoms with Gasteiger partial charge in [0.1, 0.15) is 6.23 Å². The molecule has 1 atom stereocenters.